The fraction of sp³-hybridized carbons (Fsp3) is 0.217. The molecule has 0 radical (unpaired) electrons. The monoisotopic (exact) mass is 472 g/mol. The van der Waals surface area contributed by atoms with Gasteiger partial charge in [0.1, 0.15) is 11.6 Å². The van der Waals surface area contributed by atoms with Gasteiger partial charge in [0, 0.05) is 11.5 Å². The molecule has 1 aliphatic rings. The number of halogens is 7. The molecule has 0 unspecified atom stereocenters. The summed E-state index contributed by atoms with van der Waals surface area (Å²) in [5.74, 6) is -9.93. The van der Waals surface area contributed by atoms with E-state index in [1.807, 2.05) is 0 Å². The van der Waals surface area contributed by atoms with Gasteiger partial charge in [0.2, 0.25) is 0 Å². The lowest BCUT2D eigenvalue weighted by molar-refractivity contribution is -0.209. The van der Waals surface area contributed by atoms with Gasteiger partial charge in [-0.25, -0.2) is 30.7 Å². The largest absolute Gasteiger partial charge is 0.487 e. The summed E-state index contributed by atoms with van der Waals surface area (Å²) in [5, 5.41) is 0. The van der Waals surface area contributed by atoms with Gasteiger partial charge in [-0.3, -0.25) is 0 Å². The lowest BCUT2D eigenvalue weighted by Gasteiger charge is -2.29. The predicted octanol–water partition coefficient (Wildman–Crippen LogP) is 6.07. The summed E-state index contributed by atoms with van der Waals surface area (Å²) in [7, 11) is 0. The summed E-state index contributed by atoms with van der Waals surface area (Å²) in [5.41, 5.74) is -1.31. The normalized spacial score (nSPS) is 18.4. The molecule has 1 fully saturated rings. The number of benzene rings is 3. The lowest BCUT2D eigenvalue weighted by atomic mass is 10.0. The Bertz CT molecular complexity index is 1110. The highest BCUT2D eigenvalue weighted by molar-refractivity contribution is 5.65. The Morgan fingerprint density at radius 3 is 1.82 bits per heavy atom. The first-order valence-electron chi connectivity index (χ1n) is 9.68. The molecule has 0 N–H and O–H groups in total. The molecule has 0 spiro atoms. The summed E-state index contributed by atoms with van der Waals surface area (Å²) in [6.45, 7) is -0.131. The minimum Gasteiger partial charge on any atom is -0.487 e. The van der Waals surface area contributed by atoms with Gasteiger partial charge in [0.05, 0.1) is 25.4 Å². The van der Waals surface area contributed by atoms with Gasteiger partial charge in [-0.05, 0) is 42.0 Å². The van der Waals surface area contributed by atoms with Gasteiger partial charge in [0.25, 0.3) is 0 Å². The first-order chi connectivity index (χ1) is 15.7. The zero-order valence-electron chi connectivity index (χ0n) is 16.7. The summed E-state index contributed by atoms with van der Waals surface area (Å²) >= 11 is 0. The topological polar surface area (TPSA) is 27.7 Å². The van der Waals surface area contributed by atoms with Gasteiger partial charge in [-0.15, -0.1) is 0 Å². The molecule has 10 heteroatoms. The van der Waals surface area contributed by atoms with Gasteiger partial charge in [-0.2, -0.15) is 0 Å². The maximum Gasteiger partial charge on any atom is 0.194 e. The smallest absolute Gasteiger partial charge is 0.194 e. The van der Waals surface area contributed by atoms with E-state index in [1.165, 1.54) is 6.07 Å². The average molecular weight is 472 g/mol. The van der Waals surface area contributed by atoms with Gasteiger partial charge >= 0.3 is 0 Å². The minimum atomic E-state index is -1.75. The molecule has 33 heavy (non-hydrogen) atoms. The third kappa shape index (κ3) is 4.81. The van der Waals surface area contributed by atoms with E-state index in [1.54, 1.807) is 0 Å². The van der Waals surface area contributed by atoms with Crippen molar-refractivity contribution in [2.24, 2.45) is 5.92 Å². The molecule has 1 heterocycles. The van der Waals surface area contributed by atoms with Crippen LogP contribution in [0.4, 0.5) is 30.7 Å². The van der Waals surface area contributed by atoms with E-state index in [9.17, 15) is 30.7 Å². The molecule has 0 atom stereocenters. The number of para-hydroxylation sites is 1. The van der Waals surface area contributed by atoms with Gasteiger partial charge in [0.15, 0.2) is 41.1 Å². The second-order valence-corrected chi connectivity index (χ2v) is 7.34. The zero-order valence-corrected chi connectivity index (χ0v) is 16.7. The second-order valence-electron chi connectivity index (χ2n) is 7.34. The minimum absolute atomic E-state index is 0.000112. The molecule has 174 valence electrons. The SMILES string of the molecule is Fc1cc(-c2c(F)cc(C3OCC(COc4c(F)cccc4F)CO3)cc2F)cc(F)c1F. The van der Waals surface area contributed by atoms with Crippen LogP contribution in [0.2, 0.25) is 0 Å². The third-order valence-electron chi connectivity index (χ3n) is 4.96. The Balaban J connectivity index is 1.44. The first kappa shape index (κ1) is 23.1. The summed E-state index contributed by atoms with van der Waals surface area (Å²) in [6, 6.07) is 5.99. The maximum atomic E-state index is 14.6. The van der Waals surface area contributed by atoms with Crippen molar-refractivity contribution in [1.29, 1.82) is 0 Å². The standard InChI is InChI=1S/C23H15F7O3/c24-14-2-1-3-15(25)22(14)31-8-11-9-32-23(33-10-11)13-6-16(26)20(17(27)7-13)12-4-18(28)21(30)19(29)5-12/h1-7,11,23H,8-10H2. The first-order valence-corrected chi connectivity index (χ1v) is 9.68. The Hall–Kier alpha value is -3.11. The van der Waals surface area contributed by atoms with Crippen molar-refractivity contribution < 1.29 is 44.9 Å². The van der Waals surface area contributed by atoms with E-state index < -0.39 is 69.8 Å². The van der Waals surface area contributed by atoms with Crippen LogP contribution in [0.1, 0.15) is 11.9 Å². The Morgan fingerprint density at radius 1 is 0.727 bits per heavy atom. The number of hydrogen-bond donors (Lipinski definition) is 0. The van der Waals surface area contributed by atoms with E-state index >= 15 is 0 Å². The Labute approximate surface area is 183 Å². The van der Waals surface area contributed by atoms with Crippen molar-refractivity contribution in [2.45, 2.75) is 6.29 Å². The second kappa shape index (κ2) is 9.40. The molecule has 4 rings (SSSR count). The lowest BCUT2D eigenvalue weighted by Crippen LogP contribution is -2.31. The highest BCUT2D eigenvalue weighted by atomic mass is 19.2. The summed E-state index contributed by atoms with van der Waals surface area (Å²) in [6.07, 6.45) is -1.16. The fourth-order valence-corrected chi connectivity index (χ4v) is 3.36. The van der Waals surface area contributed by atoms with Crippen molar-refractivity contribution in [3.8, 4) is 16.9 Å². The van der Waals surface area contributed by atoms with E-state index in [0.717, 1.165) is 24.3 Å². The highest BCUT2D eigenvalue weighted by Crippen LogP contribution is 2.33. The molecule has 1 saturated heterocycles. The molecule has 3 aromatic rings. The molecule has 0 bridgehead atoms. The fourth-order valence-electron chi connectivity index (χ4n) is 3.36. The van der Waals surface area contributed by atoms with Gasteiger partial charge < -0.3 is 14.2 Å². The molecule has 3 nitrogen and oxygen atoms in total. The molecule has 3 aromatic carbocycles. The molecule has 0 saturated carbocycles. The van der Waals surface area contributed by atoms with E-state index in [0.29, 0.717) is 12.1 Å². The van der Waals surface area contributed by atoms with Crippen molar-refractivity contribution >= 4 is 0 Å². The predicted molar refractivity (Wildman–Crippen MR) is 102 cm³/mol. The number of rotatable bonds is 5. The van der Waals surface area contributed by atoms with Crippen molar-refractivity contribution in [3.05, 3.63) is 88.7 Å². The molecule has 1 aliphatic heterocycles. The molecule has 0 aliphatic carbocycles. The zero-order chi connectivity index (χ0) is 23.7. The van der Waals surface area contributed by atoms with Crippen LogP contribution in [0.3, 0.4) is 0 Å². The van der Waals surface area contributed by atoms with Crippen LogP contribution >= 0.6 is 0 Å². The molecular weight excluding hydrogens is 457 g/mol. The Morgan fingerprint density at radius 2 is 1.27 bits per heavy atom. The van der Waals surface area contributed by atoms with E-state index in [-0.39, 0.29) is 25.4 Å². The van der Waals surface area contributed by atoms with Crippen LogP contribution < -0.4 is 4.74 Å². The number of hydrogen-bond acceptors (Lipinski definition) is 3. The van der Waals surface area contributed by atoms with Crippen LogP contribution in [0, 0.1) is 46.6 Å². The van der Waals surface area contributed by atoms with Crippen LogP contribution in [0.25, 0.3) is 11.1 Å². The Kier molecular flexibility index (Phi) is 6.57. The third-order valence-corrected chi connectivity index (χ3v) is 4.96. The number of ether oxygens (including phenoxy) is 3. The van der Waals surface area contributed by atoms with Gasteiger partial charge in [-0.1, -0.05) is 6.07 Å². The highest BCUT2D eigenvalue weighted by Gasteiger charge is 2.27. The maximum absolute atomic E-state index is 14.6. The molecule has 0 amide bonds. The molecule has 0 aromatic heterocycles. The van der Waals surface area contributed by atoms with Crippen molar-refractivity contribution in [1.82, 2.24) is 0 Å². The summed E-state index contributed by atoms with van der Waals surface area (Å²) in [4.78, 5) is 0. The van der Waals surface area contributed by atoms with Crippen LogP contribution in [-0.2, 0) is 9.47 Å². The average Bonchev–Trinajstić information content (AvgIpc) is 2.77. The quantitative estimate of drug-likeness (QED) is 0.334. The molecular formula is C23H15F7O3. The van der Waals surface area contributed by atoms with Crippen molar-refractivity contribution in [2.75, 3.05) is 19.8 Å². The van der Waals surface area contributed by atoms with Crippen molar-refractivity contribution in [3.63, 3.8) is 0 Å². The van der Waals surface area contributed by atoms with Crippen LogP contribution in [-0.4, -0.2) is 19.8 Å². The van der Waals surface area contributed by atoms with E-state index in [2.05, 4.69) is 0 Å². The van der Waals surface area contributed by atoms with E-state index in [4.69, 9.17) is 14.2 Å². The summed E-state index contributed by atoms with van der Waals surface area (Å²) < 4.78 is 113. The van der Waals surface area contributed by atoms with Crippen LogP contribution in [0.5, 0.6) is 5.75 Å². The van der Waals surface area contributed by atoms with Crippen LogP contribution in [0.15, 0.2) is 42.5 Å².